The molecule has 1 aliphatic carbocycles. The molecule has 3 nitrogen and oxygen atoms in total. The molecule has 1 rings (SSSR count). The van der Waals surface area contributed by atoms with Crippen LogP contribution in [-0.2, 0) is 9.53 Å². The quantitative estimate of drug-likeness (QED) is 0.671. The molecule has 0 bridgehead atoms. The summed E-state index contributed by atoms with van der Waals surface area (Å²) in [5, 5.41) is 0. The van der Waals surface area contributed by atoms with E-state index in [4.69, 9.17) is 4.74 Å². The number of hydrogen-bond acceptors (Lipinski definition) is 3. The van der Waals surface area contributed by atoms with Crippen LogP contribution in [-0.4, -0.2) is 37.1 Å². The van der Waals surface area contributed by atoms with Gasteiger partial charge in [-0.25, -0.2) is 0 Å². The molecule has 0 aromatic carbocycles. The van der Waals surface area contributed by atoms with E-state index in [-0.39, 0.29) is 23.8 Å². The van der Waals surface area contributed by atoms with Crippen LogP contribution >= 0.6 is 12.4 Å². The van der Waals surface area contributed by atoms with E-state index in [9.17, 15) is 4.79 Å². The second-order valence-corrected chi connectivity index (χ2v) is 6.47. The molecule has 1 fully saturated rings. The summed E-state index contributed by atoms with van der Waals surface area (Å²) >= 11 is 0. The van der Waals surface area contributed by atoms with E-state index in [1.54, 1.807) is 0 Å². The standard InChI is InChI=1S/C16H31NO2.ClH/c1-6-17(7-2)10-11-19-15(18)16(5)9-8-14(12-16)13(3)4;/h13-14H,6-12H2,1-5H3;1H. The summed E-state index contributed by atoms with van der Waals surface area (Å²) in [7, 11) is 0. The van der Waals surface area contributed by atoms with E-state index >= 15 is 0 Å². The van der Waals surface area contributed by atoms with Crippen molar-refractivity contribution in [1.29, 1.82) is 0 Å². The number of carbonyl (C=O) groups excluding carboxylic acids is 1. The number of hydrogen-bond donors (Lipinski definition) is 0. The van der Waals surface area contributed by atoms with E-state index in [0.29, 0.717) is 18.4 Å². The molecule has 0 aliphatic heterocycles. The molecule has 0 N–H and O–H groups in total. The van der Waals surface area contributed by atoms with Gasteiger partial charge in [-0.1, -0.05) is 27.7 Å². The minimum absolute atomic E-state index is 0. The first-order valence-corrected chi connectivity index (χ1v) is 7.82. The minimum Gasteiger partial charge on any atom is -0.464 e. The zero-order valence-corrected chi connectivity index (χ0v) is 14.6. The second-order valence-electron chi connectivity index (χ2n) is 6.47. The van der Waals surface area contributed by atoms with Gasteiger partial charge >= 0.3 is 5.97 Å². The van der Waals surface area contributed by atoms with Gasteiger partial charge < -0.3 is 9.64 Å². The van der Waals surface area contributed by atoms with Crippen LogP contribution in [0.3, 0.4) is 0 Å². The highest BCUT2D eigenvalue weighted by atomic mass is 35.5. The first-order chi connectivity index (χ1) is 8.92. The average molecular weight is 306 g/mol. The number of nitrogens with zero attached hydrogens (tertiary/aromatic N) is 1. The summed E-state index contributed by atoms with van der Waals surface area (Å²) < 4.78 is 5.51. The van der Waals surface area contributed by atoms with Gasteiger partial charge in [-0.05, 0) is 51.1 Å². The van der Waals surface area contributed by atoms with Gasteiger partial charge in [0.1, 0.15) is 6.61 Å². The van der Waals surface area contributed by atoms with Crippen molar-refractivity contribution in [2.45, 2.75) is 53.9 Å². The predicted molar refractivity (Wildman–Crippen MR) is 86.3 cm³/mol. The van der Waals surface area contributed by atoms with Gasteiger partial charge in [0.15, 0.2) is 0 Å². The molecule has 0 radical (unpaired) electrons. The summed E-state index contributed by atoms with van der Waals surface area (Å²) in [5.41, 5.74) is -0.238. The van der Waals surface area contributed by atoms with Crippen molar-refractivity contribution in [3.05, 3.63) is 0 Å². The fourth-order valence-corrected chi connectivity index (χ4v) is 3.02. The molecule has 0 heterocycles. The zero-order chi connectivity index (χ0) is 14.5. The van der Waals surface area contributed by atoms with Crippen LogP contribution in [0.15, 0.2) is 0 Å². The number of likely N-dealkylation sites (N-methyl/N-ethyl adjacent to an activating group) is 1. The third-order valence-corrected chi connectivity index (χ3v) is 4.75. The Hall–Kier alpha value is -0.280. The Balaban J connectivity index is 0.00000361. The first-order valence-electron chi connectivity index (χ1n) is 7.82. The minimum atomic E-state index is -0.238. The number of esters is 1. The van der Waals surface area contributed by atoms with Crippen LogP contribution < -0.4 is 0 Å². The summed E-state index contributed by atoms with van der Waals surface area (Å²) in [4.78, 5) is 14.5. The predicted octanol–water partition coefficient (Wildman–Crippen LogP) is 3.76. The van der Waals surface area contributed by atoms with E-state index in [0.717, 1.165) is 32.5 Å². The van der Waals surface area contributed by atoms with Crippen molar-refractivity contribution >= 4 is 18.4 Å². The molecular formula is C16H32ClNO2. The Bertz CT molecular complexity index is 292. The molecule has 0 aromatic rings. The molecule has 2 atom stereocenters. The fraction of sp³-hybridized carbons (Fsp3) is 0.938. The molecule has 0 spiro atoms. The van der Waals surface area contributed by atoms with Gasteiger partial charge in [0.2, 0.25) is 0 Å². The van der Waals surface area contributed by atoms with Crippen LogP contribution in [0.1, 0.15) is 53.9 Å². The second kappa shape index (κ2) is 8.89. The van der Waals surface area contributed by atoms with E-state index in [1.807, 2.05) is 0 Å². The maximum atomic E-state index is 12.3. The van der Waals surface area contributed by atoms with Crippen molar-refractivity contribution in [3.8, 4) is 0 Å². The first kappa shape index (κ1) is 19.7. The Morgan fingerprint density at radius 1 is 1.35 bits per heavy atom. The fourth-order valence-electron chi connectivity index (χ4n) is 3.02. The van der Waals surface area contributed by atoms with E-state index < -0.39 is 0 Å². The Morgan fingerprint density at radius 2 is 1.95 bits per heavy atom. The van der Waals surface area contributed by atoms with Crippen molar-refractivity contribution in [2.75, 3.05) is 26.2 Å². The van der Waals surface area contributed by atoms with Crippen LogP contribution in [0.25, 0.3) is 0 Å². The van der Waals surface area contributed by atoms with Gasteiger partial charge in [0.25, 0.3) is 0 Å². The molecule has 0 aromatic heterocycles. The lowest BCUT2D eigenvalue weighted by Gasteiger charge is -2.24. The van der Waals surface area contributed by atoms with Crippen LogP contribution in [0.2, 0.25) is 0 Å². The molecule has 20 heavy (non-hydrogen) atoms. The van der Waals surface area contributed by atoms with Gasteiger partial charge in [0, 0.05) is 6.54 Å². The topological polar surface area (TPSA) is 29.5 Å². The number of rotatable bonds is 7. The lowest BCUT2D eigenvalue weighted by atomic mass is 9.85. The molecule has 1 aliphatic rings. The Kier molecular flexibility index (Phi) is 8.76. The maximum Gasteiger partial charge on any atom is 0.311 e. The lowest BCUT2D eigenvalue weighted by molar-refractivity contribution is -0.155. The van der Waals surface area contributed by atoms with E-state index in [1.165, 1.54) is 6.42 Å². The van der Waals surface area contributed by atoms with Gasteiger partial charge in [-0.15, -0.1) is 12.4 Å². The molecular weight excluding hydrogens is 274 g/mol. The third kappa shape index (κ3) is 5.25. The van der Waals surface area contributed by atoms with Crippen molar-refractivity contribution in [3.63, 3.8) is 0 Å². The van der Waals surface area contributed by atoms with Crippen molar-refractivity contribution in [2.24, 2.45) is 17.3 Å². The molecule has 1 saturated carbocycles. The number of halogens is 1. The van der Waals surface area contributed by atoms with Crippen LogP contribution in [0.4, 0.5) is 0 Å². The highest BCUT2D eigenvalue weighted by Gasteiger charge is 2.43. The maximum absolute atomic E-state index is 12.3. The largest absolute Gasteiger partial charge is 0.464 e. The van der Waals surface area contributed by atoms with E-state index in [2.05, 4.69) is 39.5 Å². The molecule has 120 valence electrons. The van der Waals surface area contributed by atoms with Gasteiger partial charge in [-0.3, -0.25) is 4.79 Å². The monoisotopic (exact) mass is 305 g/mol. The average Bonchev–Trinajstić information content (AvgIpc) is 2.79. The number of ether oxygens (including phenoxy) is 1. The lowest BCUT2D eigenvalue weighted by Crippen LogP contribution is -2.32. The molecule has 0 saturated heterocycles. The number of carbonyl (C=O) groups is 1. The van der Waals surface area contributed by atoms with Crippen molar-refractivity contribution in [1.82, 2.24) is 4.90 Å². The van der Waals surface area contributed by atoms with Crippen molar-refractivity contribution < 1.29 is 9.53 Å². The molecule has 0 amide bonds. The Labute approximate surface area is 130 Å². The molecule has 2 unspecified atom stereocenters. The highest BCUT2D eigenvalue weighted by Crippen LogP contribution is 2.45. The normalized spacial score (nSPS) is 25.9. The summed E-state index contributed by atoms with van der Waals surface area (Å²) in [6, 6.07) is 0. The van der Waals surface area contributed by atoms with Gasteiger partial charge in [0.05, 0.1) is 5.41 Å². The summed E-state index contributed by atoms with van der Waals surface area (Å²) in [6.07, 6.45) is 3.15. The highest BCUT2D eigenvalue weighted by molar-refractivity contribution is 5.85. The zero-order valence-electron chi connectivity index (χ0n) is 13.8. The Morgan fingerprint density at radius 3 is 2.40 bits per heavy atom. The summed E-state index contributed by atoms with van der Waals surface area (Å²) in [6.45, 7) is 14.3. The van der Waals surface area contributed by atoms with Gasteiger partial charge in [-0.2, -0.15) is 0 Å². The van der Waals surface area contributed by atoms with Crippen LogP contribution in [0, 0.1) is 17.3 Å². The van der Waals surface area contributed by atoms with Crippen LogP contribution in [0.5, 0.6) is 0 Å². The molecule has 4 heteroatoms. The smallest absolute Gasteiger partial charge is 0.311 e. The third-order valence-electron chi connectivity index (χ3n) is 4.75. The SMILES string of the molecule is CCN(CC)CCOC(=O)C1(C)CCC(C(C)C)C1.Cl. The summed E-state index contributed by atoms with van der Waals surface area (Å²) in [5.74, 6) is 1.37.